The van der Waals surface area contributed by atoms with Gasteiger partial charge in [-0.15, -0.1) is 0 Å². The third kappa shape index (κ3) is 8.23. The lowest BCUT2D eigenvalue weighted by molar-refractivity contribution is 0.598. The van der Waals surface area contributed by atoms with Crippen molar-refractivity contribution in [2.75, 3.05) is 52.4 Å². The highest BCUT2D eigenvalue weighted by atomic mass is 15.0. The van der Waals surface area contributed by atoms with Crippen molar-refractivity contribution in [2.24, 2.45) is 9.98 Å². The van der Waals surface area contributed by atoms with Gasteiger partial charge >= 0.3 is 0 Å². The standard InChI is InChI=1S/C10H21N5/c1-2-12-5-6-14-9-10-15-8-7-13-4-3-11-1/h1,4,12,14-15H,2-3,5-10H2. The van der Waals surface area contributed by atoms with Gasteiger partial charge in [0.2, 0.25) is 0 Å². The van der Waals surface area contributed by atoms with Gasteiger partial charge in [0.15, 0.2) is 0 Å². The summed E-state index contributed by atoms with van der Waals surface area (Å²) in [7, 11) is 0. The van der Waals surface area contributed by atoms with Crippen molar-refractivity contribution >= 4 is 12.4 Å². The fraction of sp³-hybridized carbons (Fsp3) is 0.800. The van der Waals surface area contributed by atoms with Crippen LogP contribution in [0, 0.1) is 0 Å². The lowest BCUT2D eigenvalue weighted by atomic mass is 10.5. The van der Waals surface area contributed by atoms with Crippen LogP contribution >= 0.6 is 0 Å². The van der Waals surface area contributed by atoms with Gasteiger partial charge in [-0.2, -0.15) is 0 Å². The summed E-state index contributed by atoms with van der Waals surface area (Å²) < 4.78 is 0. The van der Waals surface area contributed by atoms with Crippen LogP contribution in [0.2, 0.25) is 0 Å². The van der Waals surface area contributed by atoms with Gasteiger partial charge in [-0.3, -0.25) is 9.98 Å². The summed E-state index contributed by atoms with van der Waals surface area (Å²) in [5, 5.41) is 9.94. The number of nitrogens with one attached hydrogen (secondary N) is 3. The summed E-state index contributed by atoms with van der Waals surface area (Å²) in [6, 6.07) is 0. The highest BCUT2D eigenvalue weighted by Crippen LogP contribution is 1.70. The molecule has 0 fully saturated rings. The van der Waals surface area contributed by atoms with Crippen LogP contribution in [0.25, 0.3) is 0 Å². The largest absolute Gasteiger partial charge is 0.314 e. The van der Waals surface area contributed by atoms with E-state index in [0.717, 1.165) is 45.8 Å². The van der Waals surface area contributed by atoms with Crippen LogP contribution in [0.1, 0.15) is 0 Å². The maximum atomic E-state index is 4.24. The zero-order valence-corrected chi connectivity index (χ0v) is 9.21. The van der Waals surface area contributed by atoms with Crippen molar-refractivity contribution in [3.63, 3.8) is 0 Å². The number of hydrogen-bond donors (Lipinski definition) is 3. The van der Waals surface area contributed by atoms with Gasteiger partial charge in [0.05, 0.1) is 13.1 Å². The van der Waals surface area contributed by atoms with Gasteiger partial charge in [0.25, 0.3) is 0 Å². The molecule has 1 rings (SSSR count). The normalized spacial score (nSPS) is 21.9. The van der Waals surface area contributed by atoms with Gasteiger partial charge in [0.1, 0.15) is 0 Å². The zero-order chi connectivity index (χ0) is 10.6. The molecule has 0 unspecified atom stereocenters. The van der Waals surface area contributed by atoms with Gasteiger partial charge in [0, 0.05) is 51.7 Å². The van der Waals surface area contributed by atoms with Crippen LogP contribution in [0.5, 0.6) is 0 Å². The number of hydrogen-bond acceptors (Lipinski definition) is 5. The van der Waals surface area contributed by atoms with Crippen LogP contribution in [0.15, 0.2) is 9.98 Å². The molecule has 3 N–H and O–H groups in total. The highest BCUT2D eigenvalue weighted by Gasteiger charge is 1.88. The van der Waals surface area contributed by atoms with E-state index in [-0.39, 0.29) is 0 Å². The lowest BCUT2D eigenvalue weighted by Crippen LogP contribution is -2.33. The molecule has 1 aliphatic rings. The Bertz CT molecular complexity index is 170. The Balaban J connectivity index is 2.15. The zero-order valence-electron chi connectivity index (χ0n) is 9.21. The van der Waals surface area contributed by atoms with Crippen LogP contribution in [0.3, 0.4) is 0 Å². The fourth-order valence-corrected chi connectivity index (χ4v) is 1.25. The first-order valence-corrected chi connectivity index (χ1v) is 5.59. The molecule has 1 heterocycles. The van der Waals surface area contributed by atoms with Crippen molar-refractivity contribution in [3.8, 4) is 0 Å². The Labute approximate surface area is 91.5 Å². The van der Waals surface area contributed by atoms with E-state index in [1.165, 1.54) is 0 Å². The Morgan fingerprint density at radius 2 is 1.47 bits per heavy atom. The maximum Gasteiger partial charge on any atom is 0.0734 e. The van der Waals surface area contributed by atoms with Crippen molar-refractivity contribution < 1.29 is 0 Å². The Morgan fingerprint density at radius 1 is 0.733 bits per heavy atom. The van der Waals surface area contributed by atoms with Gasteiger partial charge in [-0.1, -0.05) is 0 Å². The summed E-state index contributed by atoms with van der Waals surface area (Å²) in [5.41, 5.74) is 0. The average molecular weight is 211 g/mol. The molecule has 0 saturated heterocycles. The third-order valence-electron chi connectivity index (χ3n) is 2.06. The average Bonchev–Trinajstić information content (AvgIpc) is 2.27. The van der Waals surface area contributed by atoms with E-state index in [4.69, 9.17) is 0 Å². The van der Waals surface area contributed by atoms with Crippen molar-refractivity contribution in [1.29, 1.82) is 0 Å². The Morgan fingerprint density at radius 3 is 2.33 bits per heavy atom. The molecule has 0 atom stereocenters. The van der Waals surface area contributed by atoms with E-state index >= 15 is 0 Å². The molecule has 0 saturated carbocycles. The molecule has 0 bridgehead atoms. The highest BCUT2D eigenvalue weighted by molar-refractivity contribution is 5.66. The van der Waals surface area contributed by atoms with E-state index in [1.54, 1.807) is 0 Å². The molecular weight excluding hydrogens is 190 g/mol. The van der Waals surface area contributed by atoms with Crippen molar-refractivity contribution in [3.05, 3.63) is 0 Å². The summed E-state index contributed by atoms with van der Waals surface area (Å²) in [6.07, 6.45) is 3.78. The number of aliphatic imine (C=N–C) groups is 2. The minimum Gasteiger partial charge on any atom is -0.314 e. The number of rotatable bonds is 0. The second-order valence-electron chi connectivity index (χ2n) is 3.34. The molecular formula is C10H21N5. The van der Waals surface area contributed by atoms with Crippen LogP contribution < -0.4 is 16.0 Å². The van der Waals surface area contributed by atoms with E-state index < -0.39 is 0 Å². The molecule has 0 aliphatic carbocycles. The molecule has 5 nitrogen and oxygen atoms in total. The molecule has 15 heavy (non-hydrogen) atoms. The predicted molar refractivity (Wildman–Crippen MR) is 65.3 cm³/mol. The molecule has 5 heteroatoms. The topological polar surface area (TPSA) is 60.8 Å². The maximum absolute atomic E-state index is 4.24. The first-order chi connectivity index (χ1) is 7.50. The predicted octanol–water partition coefficient (Wildman–Crippen LogP) is -1.09. The Hall–Kier alpha value is -0.780. The molecule has 0 aromatic heterocycles. The van der Waals surface area contributed by atoms with E-state index in [0.29, 0.717) is 6.54 Å². The number of nitrogens with zero attached hydrogens (tertiary/aromatic N) is 2. The summed E-state index contributed by atoms with van der Waals surface area (Å²) in [6.45, 7) is 7.33. The molecule has 0 aromatic carbocycles. The van der Waals surface area contributed by atoms with Crippen molar-refractivity contribution in [2.45, 2.75) is 0 Å². The SMILES string of the molecule is C1=NCC=NCCNCCNCCNC1. The quantitative estimate of drug-likeness (QED) is 0.477. The fourth-order valence-electron chi connectivity index (χ4n) is 1.25. The molecule has 0 spiro atoms. The first-order valence-electron chi connectivity index (χ1n) is 5.59. The second kappa shape index (κ2) is 9.76. The molecule has 0 radical (unpaired) electrons. The summed E-state index contributed by atoms with van der Waals surface area (Å²) in [4.78, 5) is 8.44. The minimum absolute atomic E-state index is 0.694. The molecule has 1 aliphatic heterocycles. The van der Waals surface area contributed by atoms with Gasteiger partial charge < -0.3 is 16.0 Å². The second-order valence-corrected chi connectivity index (χ2v) is 3.34. The monoisotopic (exact) mass is 211 g/mol. The van der Waals surface area contributed by atoms with Gasteiger partial charge in [-0.25, -0.2) is 0 Å². The smallest absolute Gasteiger partial charge is 0.0734 e. The van der Waals surface area contributed by atoms with E-state index in [9.17, 15) is 0 Å². The first kappa shape index (κ1) is 12.3. The minimum atomic E-state index is 0.694. The molecule has 86 valence electrons. The third-order valence-corrected chi connectivity index (χ3v) is 2.06. The van der Waals surface area contributed by atoms with E-state index in [1.807, 2.05) is 12.4 Å². The van der Waals surface area contributed by atoms with E-state index in [2.05, 4.69) is 25.9 Å². The summed E-state index contributed by atoms with van der Waals surface area (Å²) in [5.74, 6) is 0. The Kier molecular flexibility index (Phi) is 8.00. The van der Waals surface area contributed by atoms with Gasteiger partial charge in [-0.05, 0) is 0 Å². The van der Waals surface area contributed by atoms with Crippen LogP contribution in [-0.2, 0) is 0 Å². The molecule has 0 amide bonds. The molecule has 0 aromatic rings. The van der Waals surface area contributed by atoms with Crippen LogP contribution in [0.4, 0.5) is 0 Å². The van der Waals surface area contributed by atoms with Crippen molar-refractivity contribution in [1.82, 2.24) is 16.0 Å². The summed E-state index contributed by atoms with van der Waals surface area (Å²) >= 11 is 0. The lowest BCUT2D eigenvalue weighted by Gasteiger charge is -2.05. The van der Waals surface area contributed by atoms with Crippen LogP contribution in [-0.4, -0.2) is 64.8 Å².